The summed E-state index contributed by atoms with van der Waals surface area (Å²) in [5, 5.41) is 5.18. The summed E-state index contributed by atoms with van der Waals surface area (Å²) in [7, 11) is 0. The summed E-state index contributed by atoms with van der Waals surface area (Å²) in [6.07, 6.45) is -4.80. The van der Waals surface area contributed by atoms with E-state index in [0.29, 0.717) is 6.54 Å². The predicted molar refractivity (Wildman–Crippen MR) is 88.3 cm³/mol. The molecule has 2 aromatic carbocycles. The lowest BCUT2D eigenvalue weighted by atomic mass is 10.2. The third-order valence-electron chi connectivity index (χ3n) is 3.40. The number of carbonyl (C=O) groups is 2. The molecular weight excluding hydrogens is 349 g/mol. The quantitative estimate of drug-likeness (QED) is 0.826. The van der Waals surface area contributed by atoms with Crippen LogP contribution in [0.4, 0.5) is 13.2 Å². The first-order valence-electron chi connectivity index (χ1n) is 7.73. The van der Waals surface area contributed by atoms with Crippen LogP contribution in [0.25, 0.3) is 0 Å². The van der Waals surface area contributed by atoms with E-state index in [1.54, 1.807) is 0 Å². The maximum Gasteiger partial charge on any atom is 0.573 e. The molecule has 0 bridgehead atoms. The van der Waals surface area contributed by atoms with E-state index in [4.69, 9.17) is 0 Å². The van der Waals surface area contributed by atoms with Crippen LogP contribution in [0.3, 0.4) is 0 Å². The average Bonchev–Trinajstić information content (AvgIpc) is 2.59. The van der Waals surface area contributed by atoms with Crippen LogP contribution in [0.15, 0.2) is 54.6 Å². The minimum atomic E-state index is -4.80. The van der Waals surface area contributed by atoms with E-state index < -0.39 is 24.1 Å². The summed E-state index contributed by atoms with van der Waals surface area (Å²) in [6.45, 7) is 1.84. The maximum atomic E-state index is 12.1. The molecule has 2 rings (SSSR count). The van der Waals surface area contributed by atoms with E-state index in [9.17, 15) is 22.8 Å². The van der Waals surface area contributed by atoms with Crippen molar-refractivity contribution in [3.05, 3.63) is 65.7 Å². The SMILES string of the molecule is CC(NC(=O)c1ccc(OC(F)(F)F)cc1)C(=O)NCc1ccccc1. The Morgan fingerprint density at radius 3 is 2.23 bits per heavy atom. The van der Waals surface area contributed by atoms with Crippen molar-refractivity contribution in [2.45, 2.75) is 25.9 Å². The van der Waals surface area contributed by atoms with Gasteiger partial charge in [0.15, 0.2) is 0 Å². The zero-order valence-corrected chi connectivity index (χ0v) is 13.8. The van der Waals surface area contributed by atoms with E-state index >= 15 is 0 Å². The zero-order valence-electron chi connectivity index (χ0n) is 13.8. The van der Waals surface area contributed by atoms with E-state index in [0.717, 1.165) is 17.7 Å². The Morgan fingerprint density at radius 2 is 1.65 bits per heavy atom. The molecule has 1 atom stereocenters. The molecule has 0 aliphatic heterocycles. The van der Waals surface area contributed by atoms with Crippen molar-refractivity contribution in [2.24, 2.45) is 0 Å². The van der Waals surface area contributed by atoms with E-state index in [2.05, 4.69) is 15.4 Å². The lowest BCUT2D eigenvalue weighted by Gasteiger charge is -2.14. The normalized spacial score (nSPS) is 12.2. The molecule has 26 heavy (non-hydrogen) atoms. The highest BCUT2D eigenvalue weighted by molar-refractivity contribution is 5.97. The number of hydrogen-bond acceptors (Lipinski definition) is 3. The molecule has 0 aromatic heterocycles. The lowest BCUT2D eigenvalue weighted by Crippen LogP contribution is -2.44. The molecule has 0 saturated heterocycles. The molecule has 2 N–H and O–H groups in total. The first kappa shape index (κ1) is 19.3. The molecule has 0 radical (unpaired) electrons. The Balaban J connectivity index is 1.86. The number of rotatable bonds is 6. The van der Waals surface area contributed by atoms with E-state index in [1.165, 1.54) is 19.1 Å². The van der Waals surface area contributed by atoms with Gasteiger partial charge in [-0.15, -0.1) is 13.2 Å². The van der Waals surface area contributed by atoms with Crippen LogP contribution in [0, 0.1) is 0 Å². The van der Waals surface area contributed by atoms with Gasteiger partial charge in [-0.05, 0) is 36.8 Å². The van der Waals surface area contributed by atoms with Crippen molar-refractivity contribution >= 4 is 11.8 Å². The molecule has 1 unspecified atom stereocenters. The molecule has 0 heterocycles. The fourth-order valence-corrected chi connectivity index (χ4v) is 2.09. The van der Waals surface area contributed by atoms with Gasteiger partial charge in [0, 0.05) is 12.1 Å². The van der Waals surface area contributed by atoms with Crippen LogP contribution in [0.2, 0.25) is 0 Å². The van der Waals surface area contributed by atoms with Crippen LogP contribution >= 0.6 is 0 Å². The molecule has 0 spiro atoms. The number of benzene rings is 2. The van der Waals surface area contributed by atoms with Crippen LogP contribution in [-0.2, 0) is 11.3 Å². The van der Waals surface area contributed by atoms with Gasteiger partial charge in [0.05, 0.1) is 0 Å². The third-order valence-corrected chi connectivity index (χ3v) is 3.40. The third kappa shape index (κ3) is 6.12. The maximum absolute atomic E-state index is 12.1. The van der Waals surface area contributed by atoms with E-state index in [-0.39, 0.29) is 11.5 Å². The lowest BCUT2D eigenvalue weighted by molar-refractivity contribution is -0.274. The largest absolute Gasteiger partial charge is 0.573 e. The van der Waals surface area contributed by atoms with Crippen LogP contribution in [0.5, 0.6) is 5.75 Å². The molecule has 2 aromatic rings. The monoisotopic (exact) mass is 366 g/mol. The molecule has 8 heteroatoms. The van der Waals surface area contributed by atoms with Crippen molar-refractivity contribution in [1.29, 1.82) is 0 Å². The summed E-state index contributed by atoms with van der Waals surface area (Å²) >= 11 is 0. The second kappa shape index (κ2) is 8.37. The first-order valence-corrected chi connectivity index (χ1v) is 7.73. The molecular formula is C18H17F3N2O3. The number of halogens is 3. The predicted octanol–water partition coefficient (Wildman–Crippen LogP) is 3.02. The van der Waals surface area contributed by atoms with Crippen molar-refractivity contribution in [2.75, 3.05) is 0 Å². The Labute approximate surface area is 148 Å². The molecule has 2 amide bonds. The zero-order chi connectivity index (χ0) is 19.2. The second-order valence-electron chi connectivity index (χ2n) is 5.47. The number of hydrogen-bond donors (Lipinski definition) is 2. The number of carbonyl (C=O) groups excluding carboxylic acids is 2. The average molecular weight is 366 g/mol. The minimum Gasteiger partial charge on any atom is -0.406 e. The fraction of sp³-hybridized carbons (Fsp3) is 0.222. The standard InChI is InChI=1S/C18H17F3N2O3/c1-12(16(24)22-11-13-5-3-2-4-6-13)23-17(25)14-7-9-15(10-8-14)26-18(19,20)21/h2-10,12H,11H2,1H3,(H,22,24)(H,23,25). The number of alkyl halides is 3. The highest BCUT2D eigenvalue weighted by Gasteiger charge is 2.31. The Kier molecular flexibility index (Phi) is 6.21. The number of nitrogens with one attached hydrogen (secondary N) is 2. The van der Waals surface area contributed by atoms with Crippen LogP contribution in [-0.4, -0.2) is 24.2 Å². The van der Waals surface area contributed by atoms with Gasteiger partial charge >= 0.3 is 6.36 Å². The summed E-state index contributed by atoms with van der Waals surface area (Å²) in [4.78, 5) is 24.1. The van der Waals surface area contributed by atoms with Gasteiger partial charge in [0.25, 0.3) is 5.91 Å². The highest BCUT2D eigenvalue weighted by atomic mass is 19.4. The van der Waals surface area contributed by atoms with Crippen molar-refractivity contribution in [3.8, 4) is 5.75 Å². The van der Waals surface area contributed by atoms with Gasteiger partial charge in [-0.2, -0.15) is 0 Å². The molecule has 0 aliphatic carbocycles. The van der Waals surface area contributed by atoms with Crippen LogP contribution < -0.4 is 15.4 Å². The van der Waals surface area contributed by atoms with Crippen LogP contribution in [0.1, 0.15) is 22.8 Å². The fourth-order valence-electron chi connectivity index (χ4n) is 2.09. The Hall–Kier alpha value is -3.03. The number of amides is 2. The smallest absolute Gasteiger partial charge is 0.406 e. The number of ether oxygens (including phenoxy) is 1. The summed E-state index contributed by atoms with van der Waals surface area (Å²) in [5.41, 5.74) is 1.03. The van der Waals surface area contributed by atoms with Gasteiger partial charge < -0.3 is 15.4 Å². The van der Waals surface area contributed by atoms with E-state index in [1.807, 2.05) is 30.3 Å². The van der Waals surface area contributed by atoms with Gasteiger partial charge in [-0.3, -0.25) is 9.59 Å². The van der Waals surface area contributed by atoms with Gasteiger partial charge in [-0.1, -0.05) is 30.3 Å². The minimum absolute atomic E-state index is 0.113. The molecule has 0 aliphatic rings. The van der Waals surface area contributed by atoms with Gasteiger partial charge in [-0.25, -0.2) is 0 Å². The first-order chi connectivity index (χ1) is 12.2. The van der Waals surface area contributed by atoms with Gasteiger partial charge in [0.1, 0.15) is 11.8 Å². The molecule has 0 fully saturated rings. The topological polar surface area (TPSA) is 67.4 Å². The summed E-state index contributed by atoms with van der Waals surface area (Å²) in [6, 6.07) is 12.9. The summed E-state index contributed by atoms with van der Waals surface area (Å²) in [5.74, 6) is -1.38. The highest BCUT2D eigenvalue weighted by Crippen LogP contribution is 2.22. The van der Waals surface area contributed by atoms with Crippen molar-refractivity contribution in [1.82, 2.24) is 10.6 Å². The summed E-state index contributed by atoms with van der Waals surface area (Å²) < 4.78 is 40.1. The Morgan fingerprint density at radius 1 is 1.04 bits per heavy atom. The molecule has 5 nitrogen and oxygen atoms in total. The van der Waals surface area contributed by atoms with Gasteiger partial charge in [0.2, 0.25) is 5.91 Å². The second-order valence-corrected chi connectivity index (χ2v) is 5.47. The Bertz CT molecular complexity index is 747. The molecule has 138 valence electrons. The molecule has 0 saturated carbocycles. The van der Waals surface area contributed by atoms with Crippen molar-refractivity contribution in [3.63, 3.8) is 0 Å². The van der Waals surface area contributed by atoms with Crippen molar-refractivity contribution < 1.29 is 27.5 Å².